The first-order valence-electron chi connectivity index (χ1n) is 5.44. The van der Waals surface area contributed by atoms with Crippen LogP contribution in [0, 0.1) is 0 Å². The second-order valence-electron chi connectivity index (χ2n) is 3.81. The highest BCUT2D eigenvalue weighted by Crippen LogP contribution is 2.28. The number of anilines is 1. The average Bonchev–Trinajstić information content (AvgIpc) is 2.70. The summed E-state index contributed by atoms with van der Waals surface area (Å²) in [6, 6.07) is 7.21. The number of hydrogen-bond acceptors (Lipinski definition) is 3. The molecule has 1 fully saturated rings. The zero-order chi connectivity index (χ0) is 11.5. The van der Waals surface area contributed by atoms with E-state index in [1.54, 1.807) is 12.1 Å². The summed E-state index contributed by atoms with van der Waals surface area (Å²) >= 11 is 0. The Morgan fingerprint density at radius 2 is 2.25 bits per heavy atom. The van der Waals surface area contributed by atoms with Crippen LogP contribution in [0.5, 0.6) is 0 Å². The Bertz CT molecular complexity index is 392. The van der Waals surface area contributed by atoms with E-state index in [1.807, 2.05) is 19.1 Å². The maximum absolute atomic E-state index is 11.7. The third-order valence-electron chi connectivity index (χ3n) is 2.72. The molecular weight excluding hydrogens is 206 g/mol. The van der Waals surface area contributed by atoms with Crippen molar-refractivity contribution in [2.45, 2.75) is 32.5 Å². The Morgan fingerprint density at radius 1 is 1.50 bits per heavy atom. The first-order chi connectivity index (χ1) is 7.76. The highest BCUT2D eigenvalue weighted by atomic mass is 16.7. The summed E-state index contributed by atoms with van der Waals surface area (Å²) in [7, 11) is 0. The van der Waals surface area contributed by atoms with Crippen LogP contribution in [0.15, 0.2) is 24.3 Å². The zero-order valence-corrected chi connectivity index (χ0v) is 9.22. The molecule has 1 N–H and O–H groups in total. The predicted molar refractivity (Wildman–Crippen MR) is 59.6 cm³/mol. The minimum atomic E-state index is -0.0971. The van der Waals surface area contributed by atoms with E-state index in [2.05, 4.69) is 0 Å². The van der Waals surface area contributed by atoms with Gasteiger partial charge in [0.2, 0.25) is 0 Å². The normalized spacial score (nSPS) is 20.5. The summed E-state index contributed by atoms with van der Waals surface area (Å²) in [5.41, 5.74) is 1.35. The van der Waals surface area contributed by atoms with Crippen LogP contribution in [-0.2, 0) is 16.2 Å². The minimum absolute atomic E-state index is 0.0424. The second-order valence-corrected chi connectivity index (χ2v) is 3.81. The molecule has 86 valence electrons. The number of carbonyl (C=O) groups is 1. The molecule has 4 heteroatoms. The molecule has 0 radical (unpaired) electrons. The van der Waals surface area contributed by atoms with Crippen LogP contribution in [0.2, 0.25) is 0 Å². The monoisotopic (exact) mass is 221 g/mol. The maximum Gasteiger partial charge on any atom is 0.253 e. The van der Waals surface area contributed by atoms with Crippen LogP contribution < -0.4 is 5.06 Å². The largest absolute Gasteiger partial charge is 0.392 e. The summed E-state index contributed by atoms with van der Waals surface area (Å²) in [5, 5.41) is 10.5. The fourth-order valence-electron chi connectivity index (χ4n) is 1.78. The zero-order valence-electron chi connectivity index (χ0n) is 9.22. The van der Waals surface area contributed by atoms with Crippen molar-refractivity contribution in [3.8, 4) is 0 Å². The molecule has 1 aromatic carbocycles. The van der Waals surface area contributed by atoms with E-state index >= 15 is 0 Å². The van der Waals surface area contributed by atoms with Crippen molar-refractivity contribution in [3.63, 3.8) is 0 Å². The first-order valence-corrected chi connectivity index (χ1v) is 5.44. The molecule has 1 unspecified atom stereocenters. The van der Waals surface area contributed by atoms with E-state index in [-0.39, 0.29) is 18.6 Å². The topological polar surface area (TPSA) is 49.8 Å². The second kappa shape index (κ2) is 4.63. The van der Waals surface area contributed by atoms with Gasteiger partial charge in [-0.2, -0.15) is 5.06 Å². The molecule has 2 rings (SSSR count). The lowest BCUT2D eigenvalue weighted by molar-refractivity contribution is -0.119. The van der Waals surface area contributed by atoms with Gasteiger partial charge in [-0.3, -0.25) is 9.63 Å². The van der Waals surface area contributed by atoms with Crippen molar-refractivity contribution in [2.24, 2.45) is 0 Å². The van der Waals surface area contributed by atoms with Gasteiger partial charge in [0.05, 0.1) is 24.8 Å². The lowest BCUT2D eigenvalue weighted by Crippen LogP contribution is -2.24. The number of rotatable bonds is 3. The highest BCUT2D eigenvalue weighted by Gasteiger charge is 2.31. The number of hydrogen-bond donors (Lipinski definition) is 1. The van der Waals surface area contributed by atoms with Gasteiger partial charge in [0, 0.05) is 5.56 Å². The molecule has 0 saturated carbocycles. The van der Waals surface area contributed by atoms with E-state index < -0.39 is 0 Å². The number of para-hydroxylation sites is 1. The number of amides is 1. The molecule has 0 aliphatic carbocycles. The fourth-order valence-corrected chi connectivity index (χ4v) is 1.78. The van der Waals surface area contributed by atoms with Gasteiger partial charge in [-0.15, -0.1) is 0 Å². The van der Waals surface area contributed by atoms with Crippen molar-refractivity contribution >= 4 is 11.6 Å². The SMILES string of the molecule is CCC1CC(=O)N(c2ccccc2CO)O1. The number of nitrogens with zero attached hydrogens (tertiary/aromatic N) is 1. The number of benzene rings is 1. The number of aliphatic hydroxyl groups excluding tert-OH is 1. The van der Waals surface area contributed by atoms with Crippen molar-refractivity contribution < 1.29 is 14.7 Å². The Morgan fingerprint density at radius 3 is 2.88 bits per heavy atom. The van der Waals surface area contributed by atoms with Gasteiger partial charge >= 0.3 is 0 Å². The number of carbonyl (C=O) groups excluding carboxylic acids is 1. The van der Waals surface area contributed by atoms with Gasteiger partial charge in [-0.25, -0.2) is 0 Å². The molecule has 1 saturated heterocycles. The van der Waals surface area contributed by atoms with E-state index in [0.29, 0.717) is 17.7 Å². The molecule has 1 aromatic rings. The average molecular weight is 221 g/mol. The van der Waals surface area contributed by atoms with Crippen molar-refractivity contribution in [1.29, 1.82) is 0 Å². The smallest absolute Gasteiger partial charge is 0.253 e. The lowest BCUT2D eigenvalue weighted by atomic mass is 10.1. The van der Waals surface area contributed by atoms with Crippen molar-refractivity contribution in [2.75, 3.05) is 5.06 Å². The summed E-state index contributed by atoms with van der Waals surface area (Å²) in [6.45, 7) is 1.89. The first kappa shape index (κ1) is 11.1. The molecule has 0 aromatic heterocycles. The van der Waals surface area contributed by atoms with E-state index in [0.717, 1.165) is 6.42 Å². The van der Waals surface area contributed by atoms with Gasteiger partial charge in [-0.05, 0) is 12.5 Å². The van der Waals surface area contributed by atoms with E-state index in [9.17, 15) is 9.90 Å². The van der Waals surface area contributed by atoms with Crippen LogP contribution in [-0.4, -0.2) is 17.1 Å². The van der Waals surface area contributed by atoms with Crippen LogP contribution >= 0.6 is 0 Å². The molecule has 1 heterocycles. The van der Waals surface area contributed by atoms with Gasteiger partial charge in [0.1, 0.15) is 0 Å². The van der Waals surface area contributed by atoms with Crippen LogP contribution in [0.3, 0.4) is 0 Å². The van der Waals surface area contributed by atoms with Crippen LogP contribution in [0.1, 0.15) is 25.3 Å². The molecule has 1 aliphatic rings. The Kier molecular flexibility index (Phi) is 3.22. The summed E-state index contributed by atoms with van der Waals surface area (Å²) in [6.07, 6.45) is 1.18. The molecule has 1 amide bonds. The van der Waals surface area contributed by atoms with E-state index in [1.165, 1.54) is 5.06 Å². The third-order valence-corrected chi connectivity index (χ3v) is 2.72. The van der Waals surface area contributed by atoms with Gasteiger partial charge < -0.3 is 5.11 Å². The van der Waals surface area contributed by atoms with Crippen molar-refractivity contribution in [3.05, 3.63) is 29.8 Å². The molecule has 4 nitrogen and oxygen atoms in total. The summed E-state index contributed by atoms with van der Waals surface area (Å²) in [5.74, 6) is -0.0484. The molecular formula is C12H15NO3. The van der Waals surface area contributed by atoms with Crippen LogP contribution in [0.25, 0.3) is 0 Å². The van der Waals surface area contributed by atoms with Crippen molar-refractivity contribution in [1.82, 2.24) is 0 Å². The predicted octanol–water partition coefficient (Wildman–Crippen LogP) is 1.63. The third kappa shape index (κ3) is 1.94. The van der Waals surface area contributed by atoms with Gasteiger partial charge in [0.15, 0.2) is 0 Å². The summed E-state index contributed by atoms with van der Waals surface area (Å²) in [4.78, 5) is 17.3. The molecule has 0 spiro atoms. The molecule has 0 bridgehead atoms. The van der Waals surface area contributed by atoms with E-state index in [4.69, 9.17) is 4.84 Å². The standard InChI is InChI=1S/C12H15NO3/c1-2-10-7-12(15)13(16-10)11-6-4-3-5-9(11)8-14/h3-6,10,14H,2,7-8H2,1H3. The molecule has 1 atom stereocenters. The molecule has 16 heavy (non-hydrogen) atoms. The quantitative estimate of drug-likeness (QED) is 0.843. The Hall–Kier alpha value is -1.39. The lowest BCUT2D eigenvalue weighted by Gasteiger charge is -2.18. The molecule has 1 aliphatic heterocycles. The highest BCUT2D eigenvalue weighted by molar-refractivity contribution is 5.93. The fraction of sp³-hybridized carbons (Fsp3) is 0.417. The van der Waals surface area contributed by atoms with Gasteiger partial charge in [0.25, 0.3) is 5.91 Å². The minimum Gasteiger partial charge on any atom is -0.392 e. The van der Waals surface area contributed by atoms with Crippen LogP contribution in [0.4, 0.5) is 5.69 Å². The Balaban J connectivity index is 2.27. The number of hydroxylamine groups is 1. The van der Waals surface area contributed by atoms with Gasteiger partial charge in [-0.1, -0.05) is 25.1 Å². The Labute approximate surface area is 94.4 Å². The maximum atomic E-state index is 11.7. The summed E-state index contributed by atoms with van der Waals surface area (Å²) < 4.78 is 0. The number of aliphatic hydroxyl groups is 1.